The van der Waals surface area contributed by atoms with Crippen molar-refractivity contribution in [2.24, 2.45) is 5.41 Å². The molecule has 1 saturated heterocycles. The van der Waals surface area contributed by atoms with Gasteiger partial charge in [-0.1, -0.05) is 0 Å². The second-order valence-electron chi connectivity index (χ2n) is 3.46. The van der Waals surface area contributed by atoms with Gasteiger partial charge in [0, 0.05) is 0 Å². The van der Waals surface area contributed by atoms with Gasteiger partial charge in [0.2, 0.25) is 0 Å². The number of Topliss-reactive ketones (excluding diaryl/α,β-unsaturated/α-hetero) is 1. The van der Waals surface area contributed by atoms with Crippen LogP contribution in [0.1, 0.15) is 20.3 Å². The molecule has 1 heterocycles. The Labute approximate surface area is 77.2 Å². The zero-order valence-electron chi connectivity index (χ0n) is 7.96. The molecular weight excluding hydrogens is 172 g/mol. The number of ether oxygens (including phenoxy) is 2. The first-order valence-electron chi connectivity index (χ1n) is 4.35. The van der Waals surface area contributed by atoms with E-state index in [0.29, 0.717) is 19.8 Å². The van der Waals surface area contributed by atoms with Crippen LogP contribution in [0.25, 0.3) is 0 Å². The summed E-state index contributed by atoms with van der Waals surface area (Å²) in [4.78, 5) is 22.4. The van der Waals surface area contributed by atoms with Crippen LogP contribution < -0.4 is 0 Å². The Morgan fingerprint density at radius 2 is 2.08 bits per heavy atom. The predicted octanol–water partition coefficient (Wildman–Crippen LogP) is 0.545. The molecule has 0 N–H and O–H groups in total. The molecule has 0 radical (unpaired) electrons. The molecule has 1 fully saturated rings. The fourth-order valence-corrected chi connectivity index (χ4v) is 1.13. The smallest absolute Gasteiger partial charge is 0.313 e. The van der Waals surface area contributed by atoms with E-state index < -0.39 is 11.4 Å². The lowest BCUT2D eigenvalue weighted by atomic mass is 9.82. The fourth-order valence-electron chi connectivity index (χ4n) is 1.13. The third-order valence-corrected chi connectivity index (χ3v) is 2.12. The molecule has 0 spiro atoms. The van der Waals surface area contributed by atoms with E-state index in [1.165, 1.54) is 0 Å². The highest BCUT2D eigenvalue weighted by Gasteiger charge is 2.41. The number of esters is 1. The largest absolute Gasteiger partial charge is 0.466 e. The van der Waals surface area contributed by atoms with E-state index in [4.69, 9.17) is 4.74 Å². The molecule has 1 rings (SSSR count). The van der Waals surface area contributed by atoms with Crippen LogP contribution in [0.3, 0.4) is 0 Å². The van der Waals surface area contributed by atoms with Gasteiger partial charge in [-0.3, -0.25) is 9.59 Å². The van der Waals surface area contributed by atoms with E-state index >= 15 is 0 Å². The van der Waals surface area contributed by atoms with Gasteiger partial charge in [-0.2, -0.15) is 0 Å². The third-order valence-electron chi connectivity index (χ3n) is 2.12. The normalized spacial score (nSPS) is 18.9. The first kappa shape index (κ1) is 10.2. The molecule has 0 aromatic carbocycles. The molecule has 13 heavy (non-hydrogen) atoms. The Bertz CT molecular complexity index is 218. The summed E-state index contributed by atoms with van der Waals surface area (Å²) in [6.45, 7) is 4.68. The summed E-state index contributed by atoms with van der Waals surface area (Å²) in [5, 5.41) is 0. The highest BCUT2D eigenvalue weighted by molar-refractivity contribution is 5.99. The lowest BCUT2D eigenvalue weighted by molar-refractivity contribution is -0.161. The maximum Gasteiger partial charge on any atom is 0.313 e. The Morgan fingerprint density at radius 1 is 1.46 bits per heavy atom. The van der Waals surface area contributed by atoms with Crippen LogP contribution in [0.5, 0.6) is 0 Å². The zero-order valence-corrected chi connectivity index (χ0v) is 7.96. The number of carbonyl (C=O) groups excluding carboxylic acids is 2. The molecule has 0 saturated carbocycles. The molecule has 0 unspecified atom stereocenters. The summed E-state index contributed by atoms with van der Waals surface area (Å²) >= 11 is 0. The maximum atomic E-state index is 11.5. The quantitative estimate of drug-likeness (QED) is 0.475. The van der Waals surface area contributed by atoms with Crippen molar-refractivity contribution >= 4 is 11.8 Å². The van der Waals surface area contributed by atoms with Crippen LogP contribution >= 0.6 is 0 Å². The van der Waals surface area contributed by atoms with Crippen LogP contribution in [0.15, 0.2) is 0 Å². The lowest BCUT2D eigenvalue weighted by Crippen LogP contribution is -2.47. The number of ketones is 1. The first-order chi connectivity index (χ1) is 6.08. The van der Waals surface area contributed by atoms with Crippen molar-refractivity contribution < 1.29 is 19.1 Å². The first-order valence-corrected chi connectivity index (χ1v) is 4.35. The van der Waals surface area contributed by atoms with E-state index in [1.54, 1.807) is 13.8 Å². The summed E-state index contributed by atoms with van der Waals surface area (Å²) in [6, 6.07) is 0. The zero-order chi connectivity index (χ0) is 9.90. The molecule has 0 aromatic rings. The Morgan fingerprint density at radius 3 is 2.46 bits per heavy atom. The third kappa shape index (κ3) is 2.28. The van der Waals surface area contributed by atoms with Crippen LogP contribution in [0, 0.1) is 5.41 Å². The van der Waals surface area contributed by atoms with Crippen LogP contribution in [0.2, 0.25) is 0 Å². The van der Waals surface area contributed by atoms with E-state index in [0.717, 1.165) is 0 Å². The van der Waals surface area contributed by atoms with Crippen molar-refractivity contribution in [2.75, 3.05) is 19.8 Å². The Kier molecular flexibility index (Phi) is 3.03. The summed E-state index contributed by atoms with van der Waals surface area (Å²) in [6.07, 6.45) is -0.131. The molecule has 1 aliphatic rings. The van der Waals surface area contributed by atoms with Gasteiger partial charge < -0.3 is 9.47 Å². The fraction of sp³-hybridized carbons (Fsp3) is 0.778. The molecule has 0 aromatic heterocycles. The topological polar surface area (TPSA) is 52.6 Å². The molecule has 74 valence electrons. The molecule has 4 heteroatoms. The van der Waals surface area contributed by atoms with E-state index in [1.807, 2.05) is 0 Å². The lowest BCUT2D eigenvalue weighted by Gasteiger charge is -2.36. The molecule has 0 bridgehead atoms. The van der Waals surface area contributed by atoms with E-state index in [2.05, 4.69) is 4.74 Å². The molecule has 1 aliphatic heterocycles. The van der Waals surface area contributed by atoms with Crippen LogP contribution in [-0.2, 0) is 19.1 Å². The van der Waals surface area contributed by atoms with Gasteiger partial charge in [0.05, 0.1) is 25.2 Å². The minimum atomic E-state index is -0.452. The Hall–Kier alpha value is -0.900. The standard InChI is InChI=1S/C9H14O4/c1-3-13-8(11)4-7(10)9(2)5-12-6-9/h3-6H2,1-2H3. The Balaban J connectivity index is 2.36. The van der Waals surface area contributed by atoms with Crippen molar-refractivity contribution in [3.63, 3.8) is 0 Å². The van der Waals surface area contributed by atoms with Gasteiger partial charge in [0.1, 0.15) is 6.42 Å². The highest BCUT2D eigenvalue weighted by Crippen LogP contribution is 2.28. The van der Waals surface area contributed by atoms with Gasteiger partial charge in [-0.15, -0.1) is 0 Å². The number of hydrogen-bond acceptors (Lipinski definition) is 4. The van der Waals surface area contributed by atoms with E-state index in [-0.39, 0.29) is 12.2 Å². The second kappa shape index (κ2) is 3.87. The highest BCUT2D eigenvalue weighted by atomic mass is 16.5. The van der Waals surface area contributed by atoms with Crippen molar-refractivity contribution in [3.8, 4) is 0 Å². The SMILES string of the molecule is CCOC(=O)CC(=O)C1(C)COC1. The number of rotatable bonds is 4. The summed E-state index contributed by atoms with van der Waals surface area (Å²) < 4.78 is 9.60. The predicted molar refractivity (Wildman–Crippen MR) is 45.2 cm³/mol. The van der Waals surface area contributed by atoms with Crippen molar-refractivity contribution in [1.29, 1.82) is 0 Å². The number of carbonyl (C=O) groups is 2. The second-order valence-corrected chi connectivity index (χ2v) is 3.46. The molecular formula is C9H14O4. The summed E-state index contributed by atoms with van der Waals surface area (Å²) in [7, 11) is 0. The maximum absolute atomic E-state index is 11.5. The molecule has 0 amide bonds. The monoisotopic (exact) mass is 186 g/mol. The van der Waals surface area contributed by atoms with E-state index in [9.17, 15) is 9.59 Å². The van der Waals surface area contributed by atoms with Gasteiger partial charge in [0.25, 0.3) is 0 Å². The minimum Gasteiger partial charge on any atom is -0.466 e. The van der Waals surface area contributed by atoms with Gasteiger partial charge >= 0.3 is 5.97 Å². The average Bonchev–Trinajstić information content (AvgIpc) is 2.00. The molecule has 4 nitrogen and oxygen atoms in total. The number of hydrogen-bond donors (Lipinski definition) is 0. The van der Waals surface area contributed by atoms with Gasteiger partial charge in [-0.25, -0.2) is 0 Å². The average molecular weight is 186 g/mol. The summed E-state index contributed by atoms with van der Waals surface area (Å²) in [5.41, 5.74) is -0.452. The summed E-state index contributed by atoms with van der Waals surface area (Å²) in [5.74, 6) is -0.530. The van der Waals surface area contributed by atoms with Gasteiger partial charge in [0.15, 0.2) is 5.78 Å². The van der Waals surface area contributed by atoms with Crippen molar-refractivity contribution in [3.05, 3.63) is 0 Å². The van der Waals surface area contributed by atoms with Gasteiger partial charge in [-0.05, 0) is 13.8 Å². The van der Waals surface area contributed by atoms with Crippen LogP contribution in [0.4, 0.5) is 0 Å². The van der Waals surface area contributed by atoms with Crippen molar-refractivity contribution in [1.82, 2.24) is 0 Å². The molecule has 0 aliphatic carbocycles. The minimum absolute atomic E-state index is 0.0859. The van der Waals surface area contributed by atoms with Crippen molar-refractivity contribution in [2.45, 2.75) is 20.3 Å². The molecule has 0 atom stereocenters. The van der Waals surface area contributed by atoms with Crippen LogP contribution in [-0.4, -0.2) is 31.6 Å².